The molecule has 0 fully saturated rings. The summed E-state index contributed by atoms with van der Waals surface area (Å²) in [6, 6.07) is 7.15. The lowest BCUT2D eigenvalue weighted by molar-refractivity contribution is 0.602. The molecule has 0 atom stereocenters. The number of anilines is 1. The second-order valence-corrected chi connectivity index (χ2v) is 7.88. The number of aromatic nitrogens is 4. The van der Waals surface area contributed by atoms with Crippen LogP contribution in [0.3, 0.4) is 0 Å². The average molecular weight is 349 g/mol. The van der Waals surface area contributed by atoms with Crippen molar-refractivity contribution in [2.24, 2.45) is 0 Å². The Labute approximate surface area is 138 Å². The first-order chi connectivity index (χ1) is 11.1. The molecule has 23 heavy (non-hydrogen) atoms. The van der Waals surface area contributed by atoms with Crippen molar-refractivity contribution in [2.75, 3.05) is 4.72 Å². The Bertz CT molecular complexity index is 887. The van der Waals surface area contributed by atoms with Gasteiger partial charge in [-0.3, -0.25) is 4.98 Å². The van der Waals surface area contributed by atoms with Crippen LogP contribution < -0.4 is 4.72 Å². The second kappa shape index (κ2) is 6.47. The van der Waals surface area contributed by atoms with E-state index in [2.05, 4.69) is 19.8 Å². The summed E-state index contributed by atoms with van der Waals surface area (Å²) in [4.78, 5) is 9.04. The van der Waals surface area contributed by atoms with Crippen LogP contribution in [0.5, 0.6) is 0 Å². The van der Waals surface area contributed by atoms with E-state index in [0.717, 1.165) is 16.9 Å². The van der Waals surface area contributed by atoms with Gasteiger partial charge in [0.1, 0.15) is 10.5 Å². The number of hydrogen-bond acceptors (Lipinski definition) is 6. The molecule has 0 saturated carbocycles. The molecule has 3 aromatic rings. The number of aryl methyl sites for hydroxylation is 1. The molecule has 0 aromatic carbocycles. The fourth-order valence-electron chi connectivity index (χ4n) is 1.96. The molecule has 0 bridgehead atoms. The van der Waals surface area contributed by atoms with Gasteiger partial charge in [-0.25, -0.2) is 17.8 Å². The second-order valence-electron chi connectivity index (χ2n) is 4.81. The summed E-state index contributed by atoms with van der Waals surface area (Å²) in [5, 5.41) is 4.14. The van der Waals surface area contributed by atoms with Gasteiger partial charge in [0.2, 0.25) is 0 Å². The van der Waals surface area contributed by atoms with Crippen LogP contribution in [0.1, 0.15) is 17.4 Å². The highest BCUT2D eigenvalue weighted by Gasteiger charge is 2.18. The van der Waals surface area contributed by atoms with E-state index in [9.17, 15) is 8.42 Å². The van der Waals surface area contributed by atoms with Crippen molar-refractivity contribution in [2.45, 2.75) is 24.1 Å². The van der Waals surface area contributed by atoms with Gasteiger partial charge in [0.15, 0.2) is 0 Å². The fourth-order valence-corrected chi connectivity index (χ4v) is 4.20. The monoisotopic (exact) mass is 349 g/mol. The first kappa shape index (κ1) is 15.6. The van der Waals surface area contributed by atoms with Crippen LogP contribution in [0.2, 0.25) is 0 Å². The average Bonchev–Trinajstić information content (AvgIpc) is 3.17. The van der Waals surface area contributed by atoms with Crippen LogP contribution in [0.15, 0.2) is 47.2 Å². The zero-order chi connectivity index (χ0) is 16.3. The molecule has 0 spiro atoms. The lowest BCUT2D eigenvalue weighted by Gasteiger charge is -2.02. The maximum Gasteiger partial charge on any atom is 0.273 e. The van der Waals surface area contributed by atoms with Gasteiger partial charge in [0, 0.05) is 17.3 Å². The van der Waals surface area contributed by atoms with Crippen LogP contribution in [-0.2, 0) is 23.0 Å². The maximum atomic E-state index is 12.3. The Balaban J connectivity index is 1.73. The molecule has 3 rings (SSSR count). The fraction of sp³-hybridized carbons (Fsp3) is 0.214. The molecule has 0 aliphatic rings. The zero-order valence-electron chi connectivity index (χ0n) is 12.4. The SMILES string of the molecule is CCc1ccc(S(=O)(=O)Nc2ncn(Cc3cccnc3)n2)s1. The maximum absolute atomic E-state index is 12.3. The Morgan fingerprint density at radius 2 is 2.17 bits per heavy atom. The minimum atomic E-state index is -3.64. The predicted octanol–water partition coefficient (Wildman–Crippen LogP) is 2.15. The van der Waals surface area contributed by atoms with Crippen molar-refractivity contribution in [3.63, 3.8) is 0 Å². The summed E-state index contributed by atoms with van der Waals surface area (Å²) in [6.07, 6.45) is 5.70. The third-order valence-corrected chi connectivity index (χ3v) is 6.13. The van der Waals surface area contributed by atoms with E-state index in [1.165, 1.54) is 17.7 Å². The first-order valence-corrected chi connectivity index (χ1v) is 9.26. The van der Waals surface area contributed by atoms with E-state index in [0.29, 0.717) is 6.54 Å². The van der Waals surface area contributed by atoms with Gasteiger partial charge in [-0.15, -0.1) is 16.4 Å². The van der Waals surface area contributed by atoms with Crippen molar-refractivity contribution in [3.05, 3.63) is 53.4 Å². The third kappa shape index (κ3) is 3.74. The van der Waals surface area contributed by atoms with E-state index in [4.69, 9.17) is 0 Å². The number of thiophene rings is 1. The number of nitrogens with one attached hydrogen (secondary N) is 1. The quantitative estimate of drug-likeness (QED) is 0.736. The Hall–Kier alpha value is -2.26. The van der Waals surface area contributed by atoms with Crippen molar-refractivity contribution < 1.29 is 8.42 Å². The van der Waals surface area contributed by atoms with Crippen molar-refractivity contribution >= 4 is 27.3 Å². The zero-order valence-corrected chi connectivity index (χ0v) is 14.0. The van der Waals surface area contributed by atoms with Gasteiger partial charge in [0.05, 0.1) is 6.54 Å². The Kier molecular flexibility index (Phi) is 4.39. The number of sulfonamides is 1. The highest BCUT2D eigenvalue weighted by Crippen LogP contribution is 2.23. The summed E-state index contributed by atoms with van der Waals surface area (Å²) < 4.78 is 28.8. The molecule has 3 heterocycles. The van der Waals surface area contributed by atoms with Gasteiger partial charge in [0.25, 0.3) is 16.0 Å². The smallest absolute Gasteiger partial charge is 0.264 e. The van der Waals surface area contributed by atoms with Crippen molar-refractivity contribution in [3.8, 4) is 0 Å². The van der Waals surface area contributed by atoms with Gasteiger partial charge in [-0.1, -0.05) is 13.0 Å². The minimum Gasteiger partial charge on any atom is -0.264 e. The summed E-state index contributed by atoms with van der Waals surface area (Å²) in [6.45, 7) is 2.46. The van der Waals surface area contributed by atoms with Crippen molar-refractivity contribution in [1.82, 2.24) is 19.7 Å². The normalized spacial score (nSPS) is 11.5. The molecule has 9 heteroatoms. The molecule has 3 aromatic heterocycles. The molecule has 7 nitrogen and oxygen atoms in total. The van der Waals surface area contributed by atoms with Crippen LogP contribution in [0, 0.1) is 0 Å². The first-order valence-electron chi connectivity index (χ1n) is 6.96. The van der Waals surface area contributed by atoms with E-state index in [1.54, 1.807) is 23.1 Å². The van der Waals surface area contributed by atoms with E-state index >= 15 is 0 Å². The van der Waals surface area contributed by atoms with Gasteiger partial charge in [-0.05, 0) is 30.2 Å². The Morgan fingerprint density at radius 3 is 2.87 bits per heavy atom. The van der Waals surface area contributed by atoms with Crippen LogP contribution in [0.25, 0.3) is 0 Å². The highest BCUT2D eigenvalue weighted by atomic mass is 32.2. The molecule has 0 radical (unpaired) electrons. The van der Waals surface area contributed by atoms with Crippen molar-refractivity contribution in [1.29, 1.82) is 0 Å². The molecule has 120 valence electrons. The van der Waals surface area contributed by atoms with Gasteiger partial charge >= 0.3 is 0 Å². The molecule has 0 amide bonds. The molecule has 0 aliphatic heterocycles. The third-order valence-electron chi connectivity index (χ3n) is 3.08. The lowest BCUT2D eigenvalue weighted by atomic mass is 10.3. The molecule has 0 saturated heterocycles. The number of pyridine rings is 1. The summed E-state index contributed by atoms with van der Waals surface area (Å²) in [7, 11) is -3.64. The molecule has 0 aliphatic carbocycles. The lowest BCUT2D eigenvalue weighted by Crippen LogP contribution is -2.13. The summed E-state index contributed by atoms with van der Waals surface area (Å²) in [5.74, 6) is 0.0559. The summed E-state index contributed by atoms with van der Waals surface area (Å²) in [5.41, 5.74) is 0.956. The predicted molar refractivity (Wildman–Crippen MR) is 87.9 cm³/mol. The van der Waals surface area contributed by atoms with Crippen LogP contribution >= 0.6 is 11.3 Å². The van der Waals surface area contributed by atoms with Crippen LogP contribution in [-0.4, -0.2) is 28.2 Å². The molecule has 0 unspecified atom stereocenters. The Morgan fingerprint density at radius 1 is 1.30 bits per heavy atom. The summed E-state index contributed by atoms with van der Waals surface area (Å²) >= 11 is 1.25. The van der Waals surface area contributed by atoms with Gasteiger partial charge in [-0.2, -0.15) is 4.98 Å². The highest BCUT2D eigenvalue weighted by molar-refractivity contribution is 7.94. The van der Waals surface area contributed by atoms with E-state index < -0.39 is 10.0 Å². The van der Waals surface area contributed by atoms with E-state index in [1.807, 2.05) is 25.1 Å². The number of hydrogen-bond donors (Lipinski definition) is 1. The largest absolute Gasteiger partial charge is 0.273 e. The topological polar surface area (TPSA) is 89.8 Å². The number of nitrogens with zero attached hydrogens (tertiary/aromatic N) is 4. The van der Waals surface area contributed by atoms with E-state index in [-0.39, 0.29) is 10.2 Å². The molecule has 1 N–H and O–H groups in total. The van der Waals surface area contributed by atoms with Gasteiger partial charge < -0.3 is 0 Å². The number of rotatable bonds is 6. The minimum absolute atomic E-state index is 0.0559. The standard InChI is InChI=1S/C14H15N5O2S2/c1-2-12-5-6-13(22-12)23(20,21)18-14-16-10-19(17-14)9-11-4-3-7-15-8-11/h3-8,10H,2,9H2,1H3,(H,17,18). The molecular formula is C14H15N5O2S2. The molecular weight excluding hydrogens is 334 g/mol. The van der Waals surface area contributed by atoms with Crippen LogP contribution in [0.4, 0.5) is 5.95 Å².